The van der Waals surface area contributed by atoms with Gasteiger partial charge in [0.1, 0.15) is 0 Å². The lowest BCUT2D eigenvalue weighted by Gasteiger charge is -2.30. The third-order valence-electron chi connectivity index (χ3n) is 6.87. The molecule has 0 saturated heterocycles. The average Bonchev–Trinajstić information content (AvgIpc) is 2.28. The van der Waals surface area contributed by atoms with Crippen LogP contribution >= 0.6 is 0 Å². The van der Waals surface area contributed by atoms with Crippen LogP contribution in [0.4, 0.5) is 0 Å². The molecule has 0 aliphatic heterocycles. The van der Waals surface area contributed by atoms with Crippen molar-refractivity contribution in [3.8, 4) is 0 Å². The van der Waals surface area contributed by atoms with Crippen molar-refractivity contribution in [1.29, 1.82) is 0 Å². The van der Waals surface area contributed by atoms with E-state index in [-0.39, 0.29) is 0 Å². The Morgan fingerprint density at radius 2 is 1.80 bits per heavy atom. The first kappa shape index (κ1) is 8.84. The van der Waals surface area contributed by atoms with Crippen LogP contribution in [-0.4, -0.2) is 0 Å². The lowest BCUT2D eigenvalue weighted by Crippen LogP contribution is -2.22. The van der Waals surface area contributed by atoms with Crippen LogP contribution in [0.25, 0.3) is 0 Å². The Bertz CT molecular complexity index is 391. The van der Waals surface area contributed by atoms with E-state index in [1.54, 1.807) is 0 Å². The molecule has 3 fully saturated rings. The average molecular weight is 202 g/mol. The summed E-state index contributed by atoms with van der Waals surface area (Å²) in [5.74, 6) is 1.97. The molecule has 4 rings (SSSR count). The first-order valence-electron chi connectivity index (χ1n) is 6.55. The van der Waals surface area contributed by atoms with Crippen LogP contribution in [-0.2, 0) is 0 Å². The van der Waals surface area contributed by atoms with Gasteiger partial charge in [-0.3, -0.25) is 0 Å². The Kier molecular flexibility index (Phi) is 1.09. The number of hydrogen-bond donors (Lipinski definition) is 0. The molecule has 4 aliphatic carbocycles. The van der Waals surface area contributed by atoms with E-state index in [1.807, 2.05) is 0 Å². The highest BCUT2D eigenvalue weighted by molar-refractivity contribution is 5.45. The summed E-state index contributed by atoms with van der Waals surface area (Å²) in [6.07, 6.45) is 9.57. The van der Waals surface area contributed by atoms with E-state index in [1.165, 1.54) is 19.3 Å². The molecule has 0 aromatic heterocycles. The maximum Gasteiger partial charge on any atom is -0.00783 e. The van der Waals surface area contributed by atoms with Gasteiger partial charge in [0.05, 0.1) is 0 Å². The van der Waals surface area contributed by atoms with Crippen molar-refractivity contribution in [2.24, 2.45) is 33.5 Å². The van der Waals surface area contributed by atoms with Crippen molar-refractivity contribution in [3.05, 3.63) is 12.2 Å². The van der Waals surface area contributed by atoms with Gasteiger partial charge in [-0.25, -0.2) is 0 Å². The van der Waals surface area contributed by atoms with E-state index in [0.29, 0.717) is 16.2 Å². The number of hydrogen-bond acceptors (Lipinski definition) is 0. The smallest absolute Gasteiger partial charge is 0.00783 e. The number of rotatable bonds is 0. The standard InChI is InChI=1S/C15H22/c1-12(2)7-10-8-13(3)6-5-11-14(13,4)15(10,11)9-12/h5-6,10-11H,7-9H2,1-4H3/t10-,11?,13-,14-,15?/m0/s1. The molecule has 0 radical (unpaired) electrons. The van der Waals surface area contributed by atoms with E-state index in [2.05, 4.69) is 39.8 Å². The normalized spacial score (nSPS) is 66.9. The van der Waals surface area contributed by atoms with Crippen LogP contribution in [0, 0.1) is 33.5 Å². The third kappa shape index (κ3) is 0.610. The Hall–Kier alpha value is -0.260. The molecule has 0 aromatic rings. The second-order valence-corrected chi connectivity index (χ2v) is 7.94. The second-order valence-electron chi connectivity index (χ2n) is 7.94. The van der Waals surface area contributed by atoms with E-state index < -0.39 is 0 Å². The zero-order valence-corrected chi connectivity index (χ0v) is 10.4. The molecule has 0 heteroatoms. The molecule has 1 spiro atoms. The summed E-state index contributed by atoms with van der Waals surface area (Å²) in [6.45, 7) is 10.1. The largest absolute Gasteiger partial charge is 0.0837 e. The molecule has 3 saturated carbocycles. The molecule has 5 atom stereocenters. The van der Waals surface area contributed by atoms with Gasteiger partial charge in [0.2, 0.25) is 0 Å². The van der Waals surface area contributed by atoms with Crippen molar-refractivity contribution in [2.75, 3.05) is 0 Å². The van der Waals surface area contributed by atoms with Crippen molar-refractivity contribution in [2.45, 2.75) is 47.0 Å². The molecule has 0 heterocycles. The van der Waals surface area contributed by atoms with Crippen molar-refractivity contribution in [1.82, 2.24) is 0 Å². The zero-order chi connectivity index (χ0) is 10.7. The van der Waals surface area contributed by atoms with Crippen LogP contribution in [0.2, 0.25) is 0 Å². The molecule has 15 heavy (non-hydrogen) atoms. The Balaban J connectivity index is 1.88. The topological polar surface area (TPSA) is 0 Å². The Labute approximate surface area is 93.1 Å². The maximum atomic E-state index is 2.58. The first-order valence-corrected chi connectivity index (χ1v) is 6.55. The lowest BCUT2D eigenvalue weighted by molar-refractivity contribution is 0.224. The summed E-state index contributed by atoms with van der Waals surface area (Å²) >= 11 is 0. The van der Waals surface area contributed by atoms with Gasteiger partial charge in [-0.15, -0.1) is 0 Å². The molecular formula is C15H22. The molecule has 2 unspecified atom stereocenters. The summed E-state index contributed by atoms with van der Waals surface area (Å²) in [7, 11) is 0. The zero-order valence-electron chi connectivity index (χ0n) is 10.4. The van der Waals surface area contributed by atoms with Gasteiger partial charge in [0, 0.05) is 0 Å². The van der Waals surface area contributed by atoms with E-state index in [4.69, 9.17) is 0 Å². The fraction of sp³-hybridized carbons (Fsp3) is 0.867. The molecule has 0 N–H and O–H groups in total. The minimum absolute atomic E-state index is 0.554. The van der Waals surface area contributed by atoms with Gasteiger partial charge in [-0.05, 0) is 52.8 Å². The summed E-state index contributed by atoms with van der Waals surface area (Å²) in [5.41, 5.74) is 2.56. The van der Waals surface area contributed by atoms with Gasteiger partial charge in [-0.2, -0.15) is 0 Å². The summed E-state index contributed by atoms with van der Waals surface area (Å²) in [4.78, 5) is 0. The number of allylic oxidation sites excluding steroid dienone is 2. The molecule has 0 nitrogen and oxygen atoms in total. The highest BCUT2D eigenvalue weighted by Crippen LogP contribution is 2.93. The predicted octanol–water partition coefficient (Wildman–Crippen LogP) is 4.02. The highest BCUT2D eigenvalue weighted by atomic mass is 14.9. The summed E-state index contributed by atoms with van der Waals surface area (Å²) in [5, 5.41) is 0. The summed E-state index contributed by atoms with van der Waals surface area (Å²) in [6, 6.07) is 0. The van der Waals surface area contributed by atoms with Crippen LogP contribution in [0.1, 0.15) is 47.0 Å². The SMILES string of the molecule is CC1(C)C[C@H]2C[C@]3(C)C=CC4C2(C1)[C@@]43C. The van der Waals surface area contributed by atoms with E-state index in [9.17, 15) is 0 Å². The lowest BCUT2D eigenvalue weighted by atomic mass is 9.74. The summed E-state index contributed by atoms with van der Waals surface area (Å²) < 4.78 is 0. The van der Waals surface area contributed by atoms with Gasteiger partial charge >= 0.3 is 0 Å². The molecule has 0 amide bonds. The predicted molar refractivity (Wildman–Crippen MR) is 62.4 cm³/mol. The second kappa shape index (κ2) is 1.85. The van der Waals surface area contributed by atoms with Crippen LogP contribution in [0.15, 0.2) is 12.2 Å². The fourth-order valence-corrected chi connectivity index (χ4v) is 6.37. The fourth-order valence-electron chi connectivity index (χ4n) is 6.37. The van der Waals surface area contributed by atoms with Crippen molar-refractivity contribution < 1.29 is 0 Å². The minimum Gasteiger partial charge on any atom is -0.0837 e. The van der Waals surface area contributed by atoms with E-state index in [0.717, 1.165) is 17.3 Å². The Morgan fingerprint density at radius 1 is 1.07 bits per heavy atom. The third-order valence-corrected chi connectivity index (χ3v) is 6.87. The van der Waals surface area contributed by atoms with Gasteiger partial charge < -0.3 is 0 Å². The van der Waals surface area contributed by atoms with E-state index >= 15 is 0 Å². The van der Waals surface area contributed by atoms with Gasteiger partial charge in [0.25, 0.3) is 0 Å². The van der Waals surface area contributed by atoms with Crippen LogP contribution in [0.5, 0.6) is 0 Å². The van der Waals surface area contributed by atoms with Crippen LogP contribution in [0.3, 0.4) is 0 Å². The first-order chi connectivity index (χ1) is 6.86. The monoisotopic (exact) mass is 202 g/mol. The van der Waals surface area contributed by atoms with Crippen molar-refractivity contribution in [3.63, 3.8) is 0 Å². The molecular weight excluding hydrogens is 180 g/mol. The van der Waals surface area contributed by atoms with Crippen LogP contribution < -0.4 is 0 Å². The molecule has 0 aromatic carbocycles. The minimum atomic E-state index is 0.554. The quantitative estimate of drug-likeness (QED) is 0.520. The molecule has 82 valence electrons. The van der Waals surface area contributed by atoms with Gasteiger partial charge in [-0.1, -0.05) is 39.8 Å². The Morgan fingerprint density at radius 3 is 2.47 bits per heavy atom. The maximum absolute atomic E-state index is 2.58. The molecule has 0 bridgehead atoms. The van der Waals surface area contributed by atoms with Crippen molar-refractivity contribution >= 4 is 0 Å². The molecule has 4 aliphatic rings. The highest BCUT2D eigenvalue weighted by Gasteiger charge is 2.88. The van der Waals surface area contributed by atoms with Gasteiger partial charge in [0.15, 0.2) is 0 Å².